The molecule has 0 unspecified atom stereocenters. The van der Waals surface area contributed by atoms with Gasteiger partial charge < -0.3 is 4.42 Å². The van der Waals surface area contributed by atoms with Crippen molar-refractivity contribution in [2.75, 3.05) is 0 Å². The highest BCUT2D eigenvalue weighted by Gasteiger charge is 2.56. The second-order valence-corrected chi connectivity index (χ2v) is 8.05. The van der Waals surface area contributed by atoms with E-state index in [4.69, 9.17) is 4.42 Å². The van der Waals surface area contributed by atoms with Gasteiger partial charge in [-0.05, 0) is 55.4 Å². The number of nitrogens with zero attached hydrogens (tertiary/aromatic N) is 3. The number of rotatable bonds is 4. The molecule has 6 rings (SSSR count). The van der Waals surface area contributed by atoms with Crippen LogP contribution in [0.5, 0.6) is 0 Å². The zero-order valence-electron chi connectivity index (χ0n) is 16.2. The van der Waals surface area contributed by atoms with Gasteiger partial charge in [0, 0.05) is 6.07 Å². The van der Waals surface area contributed by atoms with Gasteiger partial charge in [0.05, 0.1) is 28.5 Å². The summed E-state index contributed by atoms with van der Waals surface area (Å²) in [5.74, 6) is -0.332. The van der Waals surface area contributed by atoms with E-state index in [1.807, 2.05) is 0 Å². The Labute approximate surface area is 172 Å². The summed E-state index contributed by atoms with van der Waals surface area (Å²) in [7, 11) is 0. The number of nitro groups is 1. The Balaban J connectivity index is 1.40. The van der Waals surface area contributed by atoms with Crippen molar-refractivity contribution in [1.82, 2.24) is 5.01 Å². The van der Waals surface area contributed by atoms with E-state index in [-0.39, 0.29) is 41.2 Å². The Kier molecular flexibility index (Phi) is 4.16. The van der Waals surface area contributed by atoms with Crippen molar-refractivity contribution in [3.63, 3.8) is 0 Å². The lowest BCUT2D eigenvalue weighted by Crippen LogP contribution is -2.38. The first-order valence-corrected chi connectivity index (χ1v) is 9.89. The lowest BCUT2D eigenvalue weighted by atomic mass is 9.63. The van der Waals surface area contributed by atoms with Gasteiger partial charge in [-0.2, -0.15) is 10.1 Å². The maximum Gasteiger partial charge on any atom is 0.280 e. The summed E-state index contributed by atoms with van der Waals surface area (Å²) < 4.78 is 5.69. The highest BCUT2D eigenvalue weighted by atomic mass is 16.6. The lowest BCUT2D eigenvalue weighted by molar-refractivity contribution is -0.384. The van der Waals surface area contributed by atoms with E-state index in [0.29, 0.717) is 17.1 Å². The Hall–Kier alpha value is -3.55. The number of carbonyl (C=O) groups is 2. The first-order chi connectivity index (χ1) is 14.4. The molecule has 30 heavy (non-hydrogen) atoms. The molecule has 3 aliphatic carbocycles. The maximum absolute atomic E-state index is 12.8. The van der Waals surface area contributed by atoms with Crippen molar-refractivity contribution in [3.05, 3.63) is 63.9 Å². The molecule has 2 bridgehead atoms. The van der Waals surface area contributed by atoms with Gasteiger partial charge in [0.15, 0.2) is 0 Å². The number of hydrogen-bond acceptors (Lipinski definition) is 6. The molecule has 1 aliphatic heterocycles. The third-order valence-corrected chi connectivity index (χ3v) is 6.28. The number of fused-ring (bicyclic) bond motifs is 1. The maximum atomic E-state index is 12.8. The molecule has 2 fully saturated rings. The average Bonchev–Trinajstić information content (AvgIpc) is 3.31. The summed E-state index contributed by atoms with van der Waals surface area (Å²) in [6.07, 6.45) is 7.28. The second kappa shape index (κ2) is 6.76. The molecule has 2 amide bonds. The van der Waals surface area contributed by atoms with Crippen molar-refractivity contribution in [1.29, 1.82) is 0 Å². The second-order valence-electron chi connectivity index (χ2n) is 8.05. The molecule has 0 N–H and O–H groups in total. The number of hydrogen-bond donors (Lipinski definition) is 0. The Bertz CT molecular complexity index is 1100. The highest BCUT2D eigenvalue weighted by Crippen LogP contribution is 2.49. The minimum atomic E-state index is -0.454. The molecule has 1 saturated heterocycles. The molecule has 1 aromatic heterocycles. The molecule has 152 valence electrons. The Morgan fingerprint density at radius 1 is 1.10 bits per heavy atom. The Morgan fingerprint density at radius 3 is 2.37 bits per heavy atom. The zero-order chi connectivity index (χ0) is 21.0. The SMILES string of the molecule is Cc1ccc(-c2ccc(/C=N\N3C(=O)[C@@H]4[C@H](C3=O)[C@@H]3C=C[C@H]4CC3)o2)c([N+](=O)[O-])c1. The summed E-state index contributed by atoms with van der Waals surface area (Å²) in [6.45, 7) is 1.78. The largest absolute Gasteiger partial charge is 0.455 e. The van der Waals surface area contributed by atoms with Gasteiger partial charge in [0.25, 0.3) is 17.5 Å². The molecule has 0 spiro atoms. The fraction of sp³-hybridized carbons (Fsp3) is 0.318. The van der Waals surface area contributed by atoms with Crippen LogP contribution < -0.4 is 0 Å². The average molecular weight is 405 g/mol. The zero-order valence-corrected chi connectivity index (χ0v) is 16.2. The van der Waals surface area contributed by atoms with Crippen molar-refractivity contribution in [2.45, 2.75) is 19.8 Å². The van der Waals surface area contributed by atoms with Gasteiger partial charge in [-0.3, -0.25) is 19.7 Å². The molecule has 1 aromatic carbocycles. The predicted molar refractivity (Wildman–Crippen MR) is 107 cm³/mol. The van der Waals surface area contributed by atoms with Gasteiger partial charge >= 0.3 is 0 Å². The van der Waals surface area contributed by atoms with Crippen LogP contribution in [-0.4, -0.2) is 28.0 Å². The van der Waals surface area contributed by atoms with E-state index in [1.54, 1.807) is 31.2 Å². The van der Waals surface area contributed by atoms with Gasteiger partial charge in [-0.15, -0.1) is 0 Å². The molecule has 8 heteroatoms. The van der Waals surface area contributed by atoms with E-state index in [0.717, 1.165) is 23.4 Å². The van der Waals surface area contributed by atoms with Crippen molar-refractivity contribution in [3.8, 4) is 11.3 Å². The number of aryl methyl sites for hydroxylation is 1. The van der Waals surface area contributed by atoms with Crippen LogP contribution >= 0.6 is 0 Å². The molecule has 2 aromatic rings. The monoisotopic (exact) mass is 405 g/mol. The van der Waals surface area contributed by atoms with Crippen molar-refractivity contribution in [2.24, 2.45) is 28.8 Å². The number of nitro benzene ring substituents is 1. The van der Waals surface area contributed by atoms with Crippen LogP contribution in [0, 0.1) is 40.7 Å². The van der Waals surface area contributed by atoms with Crippen LogP contribution in [-0.2, 0) is 9.59 Å². The first kappa shape index (κ1) is 18.5. The number of allylic oxidation sites excluding steroid dienone is 2. The van der Waals surface area contributed by atoms with Crippen LogP contribution in [0.1, 0.15) is 24.2 Å². The molecule has 1 saturated carbocycles. The number of carbonyl (C=O) groups excluding carboxylic acids is 2. The van der Waals surface area contributed by atoms with Crippen LogP contribution in [0.15, 0.2) is 52.0 Å². The molecule has 2 heterocycles. The number of imide groups is 1. The number of amides is 2. The highest BCUT2D eigenvalue weighted by molar-refractivity contribution is 6.06. The van der Waals surface area contributed by atoms with Crippen molar-refractivity contribution < 1.29 is 18.9 Å². The fourth-order valence-corrected chi connectivity index (χ4v) is 4.85. The van der Waals surface area contributed by atoms with Gasteiger partial charge in [0.2, 0.25) is 0 Å². The summed E-state index contributed by atoms with van der Waals surface area (Å²) in [5, 5.41) is 16.4. The van der Waals surface area contributed by atoms with E-state index >= 15 is 0 Å². The van der Waals surface area contributed by atoms with Crippen LogP contribution in [0.2, 0.25) is 0 Å². The van der Waals surface area contributed by atoms with Crippen LogP contribution in [0.4, 0.5) is 5.69 Å². The number of benzene rings is 1. The molecular weight excluding hydrogens is 386 g/mol. The summed E-state index contributed by atoms with van der Waals surface area (Å²) in [5.41, 5.74) is 1.08. The standard InChI is InChI=1S/C22H19N3O5/c1-12-2-8-16(17(10-12)25(28)29)18-9-7-15(30-18)11-23-24-21(26)19-13-3-4-14(6-5-13)20(19)22(24)27/h2-4,7-11,13-14,19-20H,5-6H2,1H3/b23-11-/t13-,14+,19-,20+. The minimum absolute atomic E-state index is 0.0511. The Morgan fingerprint density at radius 2 is 1.77 bits per heavy atom. The van der Waals surface area contributed by atoms with Gasteiger partial charge in [-0.1, -0.05) is 18.2 Å². The topological polar surface area (TPSA) is 106 Å². The molecule has 8 nitrogen and oxygen atoms in total. The van der Waals surface area contributed by atoms with Crippen molar-refractivity contribution >= 4 is 23.7 Å². The normalized spacial score (nSPS) is 27.3. The fourth-order valence-electron chi connectivity index (χ4n) is 4.85. The quantitative estimate of drug-likeness (QED) is 0.254. The van der Waals surface area contributed by atoms with Crippen LogP contribution in [0.3, 0.4) is 0 Å². The smallest absolute Gasteiger partial charge is 0.280 e. The third-order valence-electron chi connectivity index (χ3n) is 6.28. The molecular formula is C22H19N3O5. The minimum Gasteiger partial charge on any atom is -0.455 e. The summed E-state index contributed by atoms with van der Waals surface area (Å²) >= 11 is 0. The van der Waals surface area contributed by atoms with E-state index in [9.17, 15) is 19.7 Å². The molecule has 4 aliphatic rings. The summed E-state index contributed by atoms with van der Waals surface area (Å²) in [6, 6.07) is 8.10. The van der Waals surface area contributed by atoms with E-state index in [2.05, 4.69) is 17.3 Å². The predicted octanol–water partition coefficient (Wildman–Crippen LogP) is 3.69. The lowest BCUT2D eigenvalue weighted by Gasteiger charge is -2.37. The molecule has 4 atom stereocenters. The number of hydrazone groups is 1. The first-order valence-electron chi connectivity index (χ1n) is 9.89. The van der Waals surface area contributed by atoms with E-state index < -0.39 is 4.92 Å². The number of furan rings is 1. The summed E-state index contributed by atoms with van der Waals surface area (Å²) in [4.78, 5) is 36.5. The van der Waals surface area contributed by atoms with E-state index in [1.165, 1.54) is 12.3 Å². The third kappa shape index (κ3) is 2.79. The molecule has 0 radical (unpaired) electrons. The van der Waals surface area contributed by atoms with Crippen LogP contribution in [0.25, 0.3) is 11.3 Å². The van der Waals surface area contributed by atoms with Gasteiger partial charge in [-0.25, -0.2) is 0 Å². The van der Waals surface area contributed by atoms with Gasteiger partial charge in [0.1, 0.15) is 11.5 Å².